The fourth-order valence-electron chi connectivity index (χ4n) is 1.49. The standard InChI is InChI=1S/C11H15ClO2/c1-7-4-5-10(12)9(6-8(2)13)11(7)14-3/h4-5,8,13H,6H2,1-3H3. The second-order valence-corrected chi connectivity index (χ2v) is 3.84. The summed E-state index contributed by atoms with van der Waals surface area (Å²) in [5, 5.41) is 9.97. The molecule has 0 heterocycles. The second-order valence-electron chi connectivity index (χ2n) is 3.43. The Morgan fingerprint density at radius 2 is 2.14 bits per heavy atom. The van der Waals surface area contributed by atoms with Gasteiger partial charge in [-0.2, -0.15) is 0 Å². The van der Waals surface area contributed by atoms with Gasteiger partial charge < -0.3 is 9.84 Å². The van der Waals surface area contributed by atoms with E-state index >= 15 is 0 Å². The monoisotopic (exact) mass is 214 g/mol. The van der Waals surface area contributed by atoms with Crippen molar-refractivity contribution in [1.82, 2.24) is 0 Å². The van der Waals surface area contributed by atoms with E-state index in [1.165, 1.54) is 0 Å². The van der Waals surface area contributed by atoms with E-state index in [4.69, 9.17) is 16.3 Å². The van der Waals surface area contributed by atoms with E-state index in [1.54, 1.807) is 14.0 Å². The molecule has 14 heavy (non-hydrogen) atoms. The van der Waals surface area contributed by atoms with Crippen LogP contribution in [0, 0.1) is 6.92 Å². The highest BCUT2D eigenvalue weighted by Crippen LogP contribution is 2.30. The topological polar surface area (TPSA) is 29.5 Å². The molecule has 1 aromatic rings. The molecule has 0 radical (unpaired) electrons. The van der Waals surface area contributed by atoms with Gasteiger partial charge >= 0.3 is 0 Å². The summed E-state index contributed by atoms with van der Waals surface area (Å²) in [5.74, 6) is 0.776. The zero-order chi connectivity index (χ0) is 10.7. The molecule has 0 amide bonds. The molecule has 0 fully saturated rings. The van der Waals surface area contributed by atoms with Crippen molar-refractivity contribution in [2.24, 2.45) is 0 Å². The first-order chi connectivity index (χ1) is 6.56. The largest absolute Gasteiger partial charge is 0.496 e. The van der Waals surface area contributed by atoms with Gasteiger partial charge in [0, 0.05) is 17.0 Å². The fourth-order valence-corrected chi connectivity index (χ4v) is 1.72. The Morgan fingerprint density at radius 3 is 2.64 bits per heavy atom. The van der Waals surface area contributed by atoms with Crippen LogP contribution in [0.5, 0.6) is 5.75 Å². The van der Waals surface area contributed by atoms with E-state index < -0.39 is 6.10 Å². The van der Waals surface area contributed by atoms with Crippen LogP contribution in [0.15, 0.2) is 12.1 Å². The van der Waals surface area contributed by atoms with E-state index in [-0.39, 0.29) is 0 Å². The number of benzene rings is 1. The van der Waals surface area contributed by atoms with Gasteiger partial charge in [0.2, 0.25) is 0 Å². The highest BCUT2D eigenvalue weighted by Gasteiger charge is 2.12. The van der Waals surface area contributed by atoms with Crippen molar-refractivity contribution < 1.29 is 9.84 Å². The van der Waals surface area contributed by atoms with Crippen molar-refractivity contribution >= 4 is 11.6 Å². The molecule has 1 aromatic carbocycles. The van der Waals surface area contributed by atoms with Gasteiger partial charge in [0.1, 0.15) is 5.75 Å². The molecule has 2 nitrogen and oxygen atoms in total. The maximum atomic E-state index is 9.33. The van der Waals surface area contributed by atoms with Gasteiger partial charge in [-0.05, 0) is 25.5 Å². The third-order valence-electron chi connectivity index (χ3n) is 2.10. The molecule has 0 aliphatic rings. The number of hydrogen-bond donors (Lipinski definition) is 1. The first kappa shape index (κ1) is 11.3. The Kier molecular flexibility index (Phi) is 3.78. The third kappa shape index (κ3) is 2.40. The zero-order valence-corrected chi connectivity index (χ0v) is 9.43. The number of aliphatic hydroxyl groups excluding tert-OH is 1. The Morgan fingerprint density at radius 1 is 1.50 bits per heavy atom. The summed E-state index contributed by atoms with van der Waals surface area (Å²) < 4.78 is 5.26. The minimum atomic E-state index is -0.414. The highest BCUT2D eigenvalue weighted by atomic mass is 35.5. The number of methoxy groups -OCH3 is 1. The minimum Gasteiger partial charge on any atom is -0.496 e. The molecule has 1 unspecified atom stereocenters. The molecule has 1 rings (SSSR count). The number of ether oxygens (including phenoxy) is 1. The number of aryl methyl sites for hydroxylation is 1. The lowest BCUT2D eigenvalue weighted by Crippen LogP contribution is -2.07. The average Bonchev–Trinajstić information content (AvgIpc) is 2.11. The minimum absolute atomic E-state index is 0.414. The molecule has 1 atom stereocenters. The van der Waals surface area contributed by atoms with Gasteiger partial charge in [0.05, 0.1) is 13.2 Å². The summed E-state index contributed by atoms with van der Waals surface area (Å²) in [6, 6.07) is 3.74. The lowest BCUT2D eigenvalue weighted by atomic mass is 10.0. The summed E-state index contributed by atoms with van der Waals surface area (Å²) in [6.45, 7) is 3.69. The first-order valence-electron chi connectivity index (χ1n) is 4.56. The summed E-state index contributed by atoms with van der Waals surface area (Å²) in [6.07, 6.45) is 0.104. The van der Waals surface area contributed by atoms with Gasteiger partial charge in [0.25, 0.3) is 0 Å². The smallest absolute Gasteiger partial charge is 0.126 e. The number of hydrogen-bond acceptors (Lipinski definition) is 2. The Bertz CT molecular complexity index is 321. The van der Waals surface area contributed by atoms with Gasteiger partial charge in [-0.1, -0.05) is 17.7 Å². The molecule has 0 aromatic heterocycles. The van der Waals surface area contributed by atoms with Gasteiger partial charge in [-0.15, -0.1) is 0 Å². The van der Waals surface area contributed by atoms with E-state index in [2.05, 4.69) is 0 Å². The van der Waals surface area contributed by atoms with Gasteiger partial charge in [-0.25, -0.2) is 0 Å². The summed E-state index contributed by atoms with van der Waals surface area (Å²) in [5.41, 5.74) is 1.91. The van der Waals surface area contributed by atoms with Crippen LogP contribution in [0.1, 0.15) is 18.1 Å². The van der Waals surface area contributed by atoms with Crippen LogP contribution < -0.4 is 4.74 Å². The van der Waals surface area contributed by atoms with Crippen LogP contribution >= 0.6 is 11.6 Å². The summed E-state index contributed by atoms with van der Waals surface area (Å²) in [7, 11) is 1.62. The van der Waals surface area contributed by atoms with Crippen LogP contribution in [0.3, 0.4) is 0 Å². The molecular formula is C11H15ClO2. The molecule has 78 valence electrons. The van der Waals surface area contributed by atoms with Crippen LogP contribution in [0.2, 0.25) is 5.02 Å². The zero-order valence-electron chi connectivity index (χ0n) is 8.67. The van der Waals surface area contributed by atoms with E-state index in [0.717, 1.165) is 16.9 Å². The number of aliphatic hydroxyl groups is 1. The second kappa shape index (κ2) is 4.67. The van der Waals surface area contributed by atoms with Gasteiger partial charge in [-0.3, -0.25) is 0 Å². The van der Waals surface area contributed by atoms with Crippen molar-refractivity contribution in [2.45, 2.75) is 26.4 Å². The predicted octanol–water partition coefficient (Wildman–Crippen LogP) is 2.58. The molecular weight excluding hydrogens is 200 g/mol. The molecule has 0 spiro atoms. The molecule has 0 aliphatic carbocycles. The number of halogens is 1. The van der Waals surface area contributed by atoms with Crippen LogP contribution in [-0.4, -0.2) is 18.3 Å². The molecule has 0 saturated carbocycles. The molecule has 0 bridgehead atoms. The quantitative estimate of drug-likeness (QED) is 0.838. The fraction of sp³-hybridized carbons (Fsp3) is 0.455. The maximum absolute atomic E-state index is 9.33. The van der Waals surface area contributed by atoms with Crippen molar-refractivity contribution in [3.63, 3.8) is 0 Å². The summed E-state index contributed by atoms with van der Waals surface area (Å²) >= 11 is 6.03. The molecule has 0 saturated heterocycles. The highest BCUT2D eigenvalue weighted by molar-refractivity contribution is 6.31. The number of rotatable bonds is 3. The van der Waals surface area contributed by atoms with Crippen molar-refractivity contribution in [2.75, 3.05) is 7.11 Å². The Hall–Kier alpha value is -0.730. The Balaban J connectivity index is 3.16. The van der Waals surface area contributed by atoms with Crippen LogP contribution in [0.4, 0.5) is 0 Å². The van der Waals surface area contributed by atoms with E-state index in [9.17, 15) is 5.11 Å². The summed E-state index contributed by atoms with van der Waals surface area (Å²) in [4.78, 5) is 0. The predicted molar refractivity (Wildman–Crippen MR) is 58.1 cm³/mol. The third-order valence-corrected chi connectivity index (χ3v) is 2.46. The Labute approximate surface area is 89.5 Å². The SMILES string of the molecule is COc1c(C)ccc(Cl)c1CC(C)O. The van der Waals surface area contributed by atoms with Crippen molar-refractivity contribution in [3.05, 3.63) is 28.3 Å². The normalized spacial score (nSPS) is 12.6. The first-order valence-corrected chi connectivity index (χ1v) is 4.94. The van der Waals surface area contributed by atoms with Gasteiger partial charge in [0.15, 0.2) is 0 Å². The van der Waals surface area contributed by atoms with Crippen LogP contribution in [0.25, 0.3) is 0 Å². The maximum Gasteiger partial charge on any atom is 0.126 e. The average molecular weight is 215 g/mol. The molecule has 1 N–H and O–H groups in total. The van der Waals surface area contributed by atoms with Crippen molar-refractivity contribution in [3.8, 4) is 5.75 Å². The van der Waals surface area contributed by atoms with Crippen molar-refractivity contribution in [1.29, 1.82) is 0 Å². The molecule has 3 heteroatoms. The van der Waals surface area contributed by atoms with E-state index in [1.807, 2.05) is 19.1 Å². The van der Waals surface area contributed by atoms with E-state index in [0.29, 0.717) is 11.4 Å². The lowest BCUT2D eigenvalue weighted by Gasteiger charge is -2.14. The van der Waals surface area contributed by atoms with Crippen LogP contribution in [-0.2, 0) is 6.42 Å². The molecule has 0 aliphatic heterocycles. The lowest BCUT2D eigenvalue weighted by molar-refractivity contribution is 0.194.